The molecule has 1 aromatic rings. The van der Waals surface area contributed by atoms with Crippen LogP contribution >= 0.6 is 34.5 Å². The molecule has 0 aromatic carbocycles. The molecule has 0 fully saturated rings. The molecule has 1 aromatic heterocycles. The minimum absolute atomic E-state index is 0.513. The molecule has 0 saturated heterocycles. The Morgan fingerprint density at radius 2 is 2.27 bits per heavy atom. The number of halogens is 2. The summed E-state index contributed by atoms with van der Waals surface area (Å²) in [5, 5.41) is 3.04. The van der Waals surface area contributed by atoms with Gasteiger partial charge in [-0.05, 0) is 18.6 Å². The van der Waals surface area contributed by atoms with E-state index in [4.69, 9.17) is 23.2 Å². The standard InChI is InChI=1S/C7H9Cl2NS/c8-5-10-4-3-6-1-2-7(9)11-6/h1-2,10H,3-5H2. The SMILES string of the molecule is ClCNCCc1ccc(Cl)s1. The van der Waals surface area contributed by atoms with Gasteiger partial charge in [-0.1, -0.05) is 11.6 Å². The Bertz CT molecular complexity index is 212. The maximum Gasteiger partial charge on any atom is 0.0931 e. The van der Waals surface area contributed by atoms with Crippen molar-refractivity contribution in [2.24, 2.45) is 0 Å². The van der Waals surface area contributed by atoms with E-state index in [2.05, 4.69) is 5.32 Å². The molecule has 0 bridgehead atoms. The zero-order valence-electron chi connectivity index (χ0n) is 5.94. The summed E-state index contributed by atoms with van der Waals surface area (Å²) in [6, 6.07) is 4.48. The van der Waals surface area contributed by atoms with Crippen LogP contribution in [0.2, 0.25) is 4.34 Å². The fraction of sp³-hybridized carbons (Fsp3) is 0.429. The van der Waals surface area contributed by atoms with Gasteiger partial charge in [0.05, 0.1) is 10.3 Å². The van der Waals surface area contributed by atoms with E-state index in [9.17, 15) is 0 Å². The van der Waals surface area contributed by atoms with E-state index < -0.39 is 0 Å². The molecule has 0 saturated carbocycles. The minimum atomic E-state index is 0.513. The van der Waals surface area contributed by atoms with Crippen molar-refractivity contribution in [1.29, 1.82) is 0 Å². The zero-order chi connectivity index (χ0) is 8.10. The number of hydrogen-bond donors (Lipinski definition) is 1. The first-order valence-electron chi connectivity index (χ1n) is 3.34. The van der Waals surface area contributed by atoms with E-state index in [-0.39, 0.29) is 0 Å². The molecule has 1 nitrogen and oxygen atoms in total. The monoisotopic (exact) mass is 209 g/mol. The van der Waals surface area contributed by atoms with E-state index in [0.29, 0.717) is 6.00 Å². The number of rotatable bonds is 4. The Labute approximate surface area is 80.3 Å². The third-order valence-corrected chi connectivity index (χ3v) is 2.75. The van der Waals surface area contributed by atoms with Crippen molar-refractivity contribution in [2.75, 3.05) is 12.5 Å². The second-order valence-corrected chi connectivity index (χ2v) is 4.16. The predicted molar refractivity (Wildman–Crippen MR) is 51.8 cm³/mol. The first-order chi connectivity index (χ1) is 5.33. The molecule has 0 spiro atoms. The number of hydrogen-bond acceptors (Lipinski definition) is 2. The fourth-order valence-corrected chi connectivity index (χ4v) is 1.99. The van der Waals surface area contributed by atoms with Gasteiger partial charge < -0.3 is 5.32 Å². The lowest BCUT2D eigenvalue weighted by molar-refractivity contribution is 0.777. The fourth-order valence-electron chi connectivity index (χ4n) is 0.765. The van der Waals surface area contributed by atoms with Gasteiger partial charge in [0.1, 0.15) is 0 Å². The second-order valence-electron chi connectivity index (χ2n) is 2.09. The first kappa shape index (κ1) is 9.33. The van der Waals surface area contributed by atoms with Crippen LogP contribution in [0.4, 0.5) is 0 Å². The van der Waals surface area contributed by atoms with Crippen LogP contribution in [0.15, 0.2) is 12.1 Å². The lowest BCUT2D eigenvalue weighted by Crippen LogP contribution is -2.13. The summed E-state index contributed by atoms with van der Waals surface area (Å²) in [7, 11) is 0. The number of thiophene rings is 1. The van der Waals surface area contributed by atoms with Crippen LogP contribution in [-0.4, -0.2) is 12.5 Å². The maximum atomic E-state index is 5.75. The lowest BCUT2D eigenvalue weighted by Gasteiger charge is -1.96. The van der Waals surface area contributed by atoms with Gasteiger partial charge in [0.2, 0.25) is 0 Å². The minimum Gasteiger partial charge on any atom is -0.304 e. The molecule has 1 N–H and O–H groups in total. The summed E-state index contributed by atoms with van der Waals surface area (Å²) in [5.74, 6) is 0. The highest BCUT2D eigenvalue weighted by Gasteiger charge is 1.95. The molecular formula is C7H9Cl2NS. The van der Waals surface area contributed by atoms with Crippen molar-refractivity contribution in [2.45, 2.75) is 6.42 Å². The molecule has 1 heterocycles. The van der Waals surface area contributed by atoms with Gasteiger partial charge in [0, 0.05) is 11.4 Å². The second kappa shape index (κ2) is 4.99. The normalized spacial score (nSPS) is 10.4. The smallest absolute Gasteiger partial charge is 0.0931 e. The molecule has 0 unspecified atom stereocenters. The summed E-state index contributed by atoms with van der Waals surface area (Å²) >= 11 is 12.8. The highest BCUT2D eigenvalue weighted by Crippen LogP contribution is 2.21. The lowest BCUT2D eigenvalue weighted by atomic mass is 10.3. The van der Waals surface area contributed by atoms with Gasteiger partial charge in [-0.3, -0.25) is 0 Å². The Balaban J connectivity index is 2.27. The Morgan fingerprint density at radius 3 is 2.82 bits per heavy atom. The topological polar surface area (TPSA) is 12.0 Å². The molecule has 11 heavy (non-hydrogen) atoms. The molecule has 1 rings (SSSR count). The van der Waals surface area contributed by atoms with E-state index >= 15 is 0 Å². The molecule has 0 atom stereocenters. The van der Waals surface area contributed by atoms with Crippen LogP contribution in [0.25, 0.3) is 0 Å². The summed E-state index contributed by atoms with van der Waals surface area (Å²) in [5.41, 5.74) is 0. The zero-order valence-corrected chi connectivity index (χ0v) is 8.27. The van der Waals surface area contributed by atoms with E-state index in [1.807, 2.05) is 12.1 Å². The highest BCUT2D eigenvalue weighted by atomic mass is 35.5. The third kappa shape index (κ3) is 3.43. The molecule has 0 aliphatic heterocycles. The average Bonchev–Trinajstić information content (AvgIpc) is 2.37. The molecule has 0 aliphatic carbocycles. The summed E-state index contributed by atoms with van der Waals surface area (Å²) in [6.45, 7) is 0.917. The van der Waals surface area contributed by atoms with Crippen molar-refractivity contribution in [3.63, 3.8) is 0 Å². The Kier molecular flexibility index (Phi) is 4.23. The summed E-state index contributed by atoms with van der Waals surface area (Å²) < 4.78 is 0.853. The Hall–Kier alpha value is 0.240. The van der Waals surface area contributed by atoms with Crippen molar-refractivity contribution in [3.8, 4) is 0 Å². The van der Waals surface area contributed by atoms with Crippen LogP contribution < -0.4 is 5.32 Å². The van der Waals surface area contributed by atoms with E-state index in [0.717, 1.165) is 17.3 Å². The van der Waals surface area contributed by atoms with E-state index in [1.54, 1.807) is 11.3 Å². The summed E-state index contributed by atoms with van der Waals surface area (Å²) in [6.07, 6.45) is 1.00. The quantitative estimate of drug-likeness (QED) is 0.457. The average molecular weight is 210 g/mol. The van der Waals surface area contributed by atoms with Crippen LogP contribution in [-0.2, 0) is 6.42 Å². The van der Waals surface area contributed by atoms with Crippen molar-refractivity contribution < 1.29 is 0 Å². The highest BCUT2D eigenvalue weighted by molar-refractivity contribution is 7.16. The van der Waals surface area contributed by atoms with Crippen molar-refractivity contribution >= 4 is 34.5 Å². The largest absolute Gasteiger partial charge is 0.304 e. The van der Waals surface area contributed by atoms with Gasteiger partial charge in [0.25, 0.3) is 0 Å². The predicted octanol–water partition coefficient (Wildman–Crippen LogP) is 2.73. The number of nitrogens with one attached hydrogen (secondary N) is 1. The molecule has 0 amide bonds. The molecule has 62 valence electrons. The molecular weight excluding hydrogens is 201 g/mol. The van der Waals surface area contributed by atoms with Crippen LogP contribution in [0.1, 0.15) is 4.88 Å². The van der Waals surface area contributed by atoms with Crippen molar-refractivity contribution in [3.05, 3.63) is 21.3 Å². The first-order valence-corrected chi connectivity index (χ1v) is 5.06. The van der Waals surface area contributed by atoms with Gasteiger partial charge >= 0.3 is 0 Å². The molecule has 0 radical (unpaired) electrons. The summed E-state index contributed by atoms with van der Waals surface area (Å²) in [4.78, 5) is 1.30. The van der Waals surface area contributed by atoms with Crippen LogP contribution in [0, 0.1) is 0 Å². The molecule has 4 heteroatoms. The van der Waals surface area contributed by atoms with Crippen molar-refractivity contribution in [1.82, 2.24) is 5.32 Å². The van der Waals surface area contributed by atoms with Crippen LogP contribution in [0.3, 0.4) is 0 Å². The maximum absolute atomic E-state index is 5.75. The van der Waals surface area contributed by atoms with Gasteiger partial charge in [0.15, 0.2) is 0 Å². The van der Waals surface area contributed by atoms with Gasteiger partial charge in [-0.25, -0.2) is 0 Å². The van der Waals surface area contributed by atoms with Crippen LogP contribution in [0.5, 0.6) is 0 Å². The Morgan fingerprint density at radius 1 is 1.45 bits per heavy atom. The third-order valence-electron chi connectivity index (χ3n) is 1.27. The van der Waals surface area contributed by atoms with E-state index in [1.165, 1.54) is 4.88 Å². The van der Waals surface area contributed by atoms with Gasteiger partial charge in [-0.2, -0.15) is 0 Å². The van der Waals surface area contributed by atoms with Gasteiger partial charge in [-0.15, -0.1) is 22.9 Å². The number of alkyl halides is 1. The molecule has 0 aliphatic rings.